The number of nitrogens with one attached hydrogen (secondary N) is 1. The molecule has 5 rings (SSSR count). The molecule has 0 spiro atoms. The number of carbonyl (C=O) groups is 1. The molecule has 0 unspecified atom stereocenters. The molecule has 0 aliphatic heterocycles. The van der Waals surface area contributed by atoms with Gasteiger partial charge in [0.1, 0.15) is 4.70 Å². The number of rotatable bonds is 6. The van der Waals surface area contributed by atoms with Gasteiger partial charge in [0.2, 0.25) is 5.91 Å². The molecule has 2 heterocycles. The number of fused-ring (bicyclic) bond motifs is 2. The fourth-order valence-electron chi connectivity index (χ4n) is 4.01. The van der Waals surface area contributed by atoms with Crippen LogP contribution in [0.25, 0.3) is 10.2 Å². The van der Waals surface area contributed by atoms with Crippen LogP contribution in [0.3, 0.4) is 0 Å². The first-order valence-electron chi connectivity index (χ1n) is 10.2. The average Bonchev–Trinajstić information content (AvgIpc) is 3.43. The van der Waals surface area contributed by atoms with Crippen LogP contribution in [0.15, 0.2) is 76.0 Å². The van der Waals surface area contributed by atoms with Crippen molar-refractivity contribution in [2.45, 2.75) is 30.6 Å². The van der Waals surface area contributed by atoms with Crippen molar-refractivity contribution in [2.24, 2.45) is 0 Å². The maximum Gasteiger partial charge on any atom is 0.272 e. The van der Waals surface area contributed by atoms with Crippen LogP contribution < -0.4 is 10.9 Å². The normalized spacial score (nSPS) is 15.2. The topological polar surface area (TPSA) is 64.0 Å². The van der Waals surface area contributed by atoms with E-state index in [1.54, 1.807) is 4.57 Å². The van der Waals surface area contributed by atoms with Crippen molar-refractivity contribution in [1.29, 1.82) is 0 Å². The van der Waals surface area contributed by atoms with E-state index in [0.717, 1.165) is 18.4 Å². The monoisotopic (exact) mass is 447 g/mol. The second-order valence-electron chi connectivity index (χ2n) is 7.55. The van der Waals surface area contributed by atoms with Crippen molar-refractivity contribution in [3.05, 3.63) is 93.1 Å². The Balaban J connectivity index is 1.35. The molecule has 7 heteroatoms. The Morgan fingerprint density at radius 2 is 1.94 bits per heavy atom. The first kappa shape index (κ1) is 20.0. The van der Waals surface area contributed by atoms with Gasteiger partial charge in [-0.3, -0.25) is 14.2 Å². The fraction of sp³-hybridized carbons (Fsp3) is 0.208. The molecule has 31 heavy (non-hydrogen) atoms. The van der Waals surface area contributed by atoms with E-state index in [-0.39, 0.29) is 23.3 Å². The minimum Gasteiger partial charge on any atom is -0.349 e. The quantitative estimate of drug-likeness (QED) is 0.351. The predicted octanol–water partition coefficient (Wildman–Crippen LogP) is 4.40. The number of hydrogen-bond acceptors (Lipinski definition) is 5. The summed E-state index contributed by atoms with van der Waals surface area (Å²) in [4.78, 5) is 30.5. The van der Waals surface area contributed by atoms with Crippen molar-refractivity contribution >= 4 is 39.2 Å². The highest BCUT2D eigenvalue weighted by molar-refractivity contribution is 7.99. The van der Waals surface area contributed by atoms with Crippen molar-refractivity contribution < 1.29 is 4.79 Å². The van der Waals surface area contributed by atoms with E-state index in [1.165, 1.54) is 34.2 Å². The minimum absolute atomic E-state index is 0.0439. The van der Waals surface area contributed by atoms with Crippen molar-refractivity contribution in [3.63, 3.8) is 0 Å². The van der Waals surface area contributed by atoms with Gasteiger partial charge in [-0.25, -0.2) is 4.98 Å². The summed E-state index contributed by atoms with van der Waals surface area (Å²) in [6.07, 6.45) is 1.91. The zero-order chi connectivity index (χ0) is 21.2. The van der Waals surface area contributed by atoms with Crippen LogP contribution in [-0.4, -0.2) is 21.2 Å². The molecule has 0 bridgehead atoms. The summed E-state index contributed by atoms with van der Waals surface area (Å²) >= 11 is 2.72. The van der Waals surface area contributed by atoms with Gasteiger partial charge in [-0.05, 0) is 41.0 Å². The lowest BCUT2D eigenvalue weighted by Gasteiger charge is -2.15. The maximum atomic E-state index is 13.1. The third kappa shape index (κ3) is 4.16. The van der Waals surface area contributed by atoms with E-state index >= 15 is 0 Å². The molecular formula is C24H21N3O2S2. The highest BCUT2D eigenvalue weighted by Gasteiger charge is 2.23. The summed E-state index contributed by atoms with van der Waals surface area (Å²) < 4.78 is 2.32. The molecular weight excluding hydrogens is 426 g/mol. The molecule has 156 valence electrons. The van der Waals surface area contributed by atoms with Crippen LogP contribution in [0.4, 0.5) is 0 Å². The zero-order valence-corrected chi connectivity index (χ0v) is 18.4. The van der Waals surface area contributed by atoms with Gasteiger partial charge in [-0.2, -0.15) is 0 Å². The first-order valence-corrected chi connectivity index (χ1v) is 12.1. The number of thiophene rings is 1. The molecule has 0 radical (unpaired) electrons. The number of aromatic nitrogens is 2. The lowest BCUT2D eigenvalue weighted by Crippen LogP contribution is -2.29. The van der Waals surface area contributed by atoms with Crippen LogP contribution in [0, 0.1) is 0 Å². The summed E-state index contributed by atoms with van der Waals surface area (Å²) in [5, 5.41) is 5.60. The maximum absolute atomic E-state index is 13.1. The van der Waals surface area contributed by atoms with E-state index in [9.17, 15) is 9.59 Å². The second-order valence-corrected chi connectivity index (χ2v) is 9.41. The average molecular weight is 448 g/mol. The van der Waals surface area contributed by atoms with Crippen LogP contribution in [0.5, 0.6) is 0 Å². The van der Waals surface area contributed by atoms with Crippen LogP contribution in [0.1, 0.15) is 29.2 Å². The number of benzene rings is 2. The Morgan fingerprint density at radius 3 is 2.81 bits per heavy atom. The minimum atomic E-state index is -0.0588. The van der Waals surface area contributed by atoms with Crippen molar-refractivity contribution in [3.8, 4) is 0 Å². The summed E-state index contributed by atoms with van der Waals surface area (Å²) in [5.41, 5.74) is 4.17. The van der Waals surface area contributed by atoms with Crippen LogP contribution in [0.2, 0.25) is 0 Å². The molecule has 5 nitrogen and oxygen atoms in total. The van der Waals surface area contributed by atoms with E-state index in [1.807, 2.05) is 53.9 Å². The molecule has 0 saturated heterocycles. The molecule has 1 aliphatic carbocycles. The summed E-state index contributed by atoms with van der Waals surface area (Å²) in [6.45, 7) is 0.431. The van der Waals surface area contributed by atoms with Gasteiger partial charge in [0.15, 0.2) is 5.16 Å². The number of aryl methyl sites for hydroxylation is 1. The molecule has 2 aromatic heterocycles. The largest absolute Gasteiger partial charge is 0.349 e. The first-order chi connectivity index (χ1) is 15.2. The Hall–Kier alpha value is -2.90. The third-order valence-electron chi connectivity index (χ3n) is 5.51. The summed E-state index contributed by atoms with van der Waals surface area (Å²) in [6, 6.07) is 20.0. The van der Waals surface area contributed by atoms with E-state index in [2.05, 4.69) is 22.4 Å². The van der Waals surface area contributed by atoms with Crippen LogP contribution >= 0.6 is 23.1 Å². The van der Waals surface area contributed by atoms with Crippen molar-refractivity contribution in [1.82, 2.24) is 14.9 Å². The molecule has 1 N–H and O–H groups in total. The lowest BCUT2D eigenvalue weighted by atomic mass is 10.1. The number of amides is 1. The van der Waals surface area contributed by atoms with Gasteiger partial charge < -0.3 is 5.32 Å². The Bertz CT molecular complexity index is 1300. The summed E-state index contributed by atoms with van der Waals surface area (Å²) in [5.74, 6) is 0.174. The zero-order valence-electron chi connectivity index (χ0n) is 16.8. The van der Waals surface area contributed by atoms with Crippen LogP contribution in [-0.2, 0) is 17.8 Å². The van der Waals surface area contributed by atoms with E-state index in [4.69, 9.17) is 0 Å². The van der Waals surface area contributed by atoms with Crippen molar-refractivity contribution in [2.75, 3.05) is 5.75 Å². The smallest absolute Gasteiger partial charge is 0.272 e. The standard InChI is InChI=1S/C24H21N3O2S2/c28-21(25-19-11-10-17-8-4-5-9-18(17)19)15-31-24-26-20-12-13-30-22(20)23(29)27(24)14-16-6-2-1-3-7-16/h1-9,12-13,19H,10-11,14-15H2,(H,25,28)/t19-/m1/s1. The van der Waals surface area contributed by atoms with Gasteiger partial charge in [-0.15, -0.1) is 11.3 Å². The van der Waals surface area contributed by atoms with Gasteiger partial charge in [0, 0.05) is 0 Å². The molecule has 1 aliphatic rings. The number of hydrogen-bond donors (Lipinski definition) is 1. The van der Waals surface area contributed by atoms with Gasteiger partial charge in [0.25, 0.3) is 5.56 Å². The second kappa shape index (κ2) is 8.69. The number of nitrogens with zero attached hydrogens (tertiary/aromatic N) is 2. The Labute approximate surface area is 188 Å². The van der Waals surface area contributed by atoms with Gasteiger partial charge in [-0.1, -0.05) is 66.4 Å². The SMILES string of the molecule is O=C(CSc1nc2ccsc2c(=O)n1Cc1ccccc1)N[C@@H]1CCc2ccccc21. The predicted molar refractivity (Wildman–Crippen MR) is 126 cm³/mol. The molecule has 0 saturated carbocycles. The number of thioether (sulfide) groups is 1. The fourth-order valence-corrected chi connectivity index (χ4v) is 5.60. The highest BCUT2D eigenvalue weighted by Crippen LogP contribution is 2.31. The molecule has 0 fully saturated rings. The Morgan fingerprint density at radius 1 is 1.13 bits per heavy atom. The molecule has 1 amide bonds. The van der Waals surface area contributed by atoms with E-state index < -0.39 is 0 Å². The molecule has 2 aromatic carbocycles. The lowest BCUT2D eigenvalue weighted by molar-refractivity contribution is -0.119. The summed E-state index contributed by atoms with van der Waals surface area (Å²) in [7, 11) is 0. The van der Waals surface area contributed by atoms with E-state index in [0.29, 0.717) is 21.9 Å². The Kier molecular flexibility index (Phi) is 5.61. The van der Waals surface area contributed by atoms with Gasteiger partial charge in [0.05, 0.1) is 23.9 Å². The van der Waals surface area contributed by atoms with Gasteiger partial charge >= 0.3 is 0 Å². The number of carbonyl (C=O) groups excluding carboxylic acids is 1. The molecule has 1 atom stereocenters. The highest BCUT2D eigenvalue weighted by atomic mass is 32.2. The third-order valence-corrected chi connectivity index (χ3v) is 7.38. The molecule has 4 aromatic rings.